The van der Waals surface area contributed by atoms with Crippen LogP contribution < -0.4 is 14.8 Å². The van der Waals surface area contributed by atoms with Crippen molar-refractivity contribution >= 4 is 11.6 Å². The van der Waals surface area contributed by atoms with Gasteiger partial charge in [-0.2, -0.15) is 0 Å². The van der Waals surface area contributed by atoms with E-state index in [4.69, 9.17) is 14.3 Å². The molecule has 6 heteroatoms. The highest BCUT2D eigenvalue weighted by Crippen LogP contribution is 2.20. The number of oxime groups is 1. The Morgan fingerprint density at radius 2 is 1.92 bits per heavy atom. The van der Waals surface area contributed by atoms with Crippen LogP contribution in [0.3, 0.4) is 0 Å². The number of methoxy groups -OCH3 is 2. The van der Waals surface area contributed by atoms with Gasteiger partial charge in [0.15, 0.2) is 0 Å². The van der Waals surface area contributed by atoms with Gasteiger partial charge in [0.05, 0.1) is 19.9 Å². The van der Waals surface area contributed by atoms with E-state index in [0.717, 1.165) is 28.3 Å². The maximum absolute atomic E-state index is 12.3. The van der Waals surface area contributed by atoms with Crippen molar-refractivity contribution in [1.29, 1.82) is 0 Å². The number of hydrogen-bond acceptors (Lipinski definition) is 5. The molecule has 0 fully saturated rings. The molecule has 2 aromatic rings. The lowest BCUT2D eigenvalue weighted by Crippen LogP contribution is -2.34. The van der Waals surface area contributed by atoms with Gasteiger partial charge in [0, 0.05) is 18.5 Å². The molecular formula is C19H20N2O4. The van der Waals surface area contributed by atoms with Gasteiger partial charge in [-0.15, -0.1) is 0 Å². The first-order valence-electron chi connectivity index (χ1n) is 7.97. The fourth-order valence-corrected chi connectivity index (χ4v) is 2.54. The zero-order valence-corrected chi connectivity index (χ0v) is 14.2. The van der Waals surface area contributed by atoms with Crippen molar-refractivity contribution in [2.75, 3.05) is 14.2 Å². The van der Waals surface area contributed by atoms with Crippen molar-refractivity contribution in [3.05, 3.63) is 59.7 Å². The Bertz CT molecular complexity index is 771. The molecule has 130 valence electrons. The molecule has 0 radical (unpaired) electrons. The monoisotopic (exact) mass is 340 g/mol. The van der Waals surface area contributed by atoms with E-state index in [-0.39, 0.29) is 5.91 Å². The molecule has 0 saturated carbocycles. The van der Waals surface area contributed by atoms with E-state index in [2.05, 4.69) is 10.5 Å². The van der Waals surface area contributed by atoms with E-state index >= 15 is 0 Å². The highest BCUT2D eigenvalue weighted by molar-refractivity contribution is 6.04. The van der Waals surface area contributed by atoms with Crippen molar-refractivity contribution in [2.24, 2.45) is 5.16 Å². The van der Waals surface area contributed by atoms with Crippen LogP contribution in [-0.4, -0.2) is 31.9 Å². The lowest BCUT2D eigenvalue weighted by molar-refractivity contribution is -0.131. The van der Waals surface area contributed by atoms with Gasteiger partial charge in [0.1, 0.15) is 11.5 Å². The Balaban J connectivity index is 1.54. The smallest absolute Gasteiger partial charge is 0.264 e. The van der Waals surface area contributed by atoms with Crippen molar-refractivity contribution in [2.45, 2.75) is 19.1 Å². The molecule has 0 spiro atoms. The largest absolute Gasteiger partial charge is 0.497 e. The number of amides is 1. The van der Waals surface area contributed by atoms with Crippen molar-refractivity contribution in [1.82, 2.24) is 5.32 Å². The third kappa shape index (κ3) is 4.09. The summed E-state index contributed by atoms with van der Waals surface area (Å²) < 4.78 is 10.3. The summed E-state index contributed by atoms with van der Waals surface area (Å²) in [6.45, 7) is 0.428. The minimum atomic E-state index is -0.612. The molecule has 1 aliphatic rings. The van der Waals surface area contributed by atoms with Gasteiger partial charge >= 0.3 is 0 Å². The maximum atomic E-state index is 12.3. The number of nitrogens with one attached hydrogen (secondary N) is 1. The maximum Gasteiger partial charge on any atom is 0.264 e. The Morgan fingerprint density at radius 3 is 2.64 bits per heavy atom. The number of benzene rings is 2. The van der Waals surface area contributed by atoms with Crippen LogP contribution in [0, 0.1) is 0 Å². The summed E-state index contributed by atoms with van der Waals surface area (Å²) in [5, 5.41) is 6.92. The highest BCUT2D eigenvalue weighted by Gasteiger charge is 2.28. The third-order valence-electron chi connectivity index (χ3n) is 3.99. The molecule has 2 aromatic carbocycles. The number of carbonyl (C=O) groups excluding carboxylic acids is 1. The van der Waals surface area contributed by atoms with Crippen LogP contribution >= 0.6 is 0 Å². The van der Waals surface area contributed by atoms with E-state index in [0.29, 0.717) is 13.0 Å². The second-order valence-electron chi connectivity index (χ2n) is 5.63. The molecular weight excluding hydrogens is 320 g/mol. The van der Waals surface area contributed by atoms with Crippen LogP contribution in [0.25, 0.3) is 0 Å². The molecule has 1 N–H and O–H groups in total. The molecule has 6 nitrogen and oxygen atoms in total. The van der Waals surface area contributed by atoms with Crippen LogP contribution in [0.2, 0.25) is 0 Å². The van der Waals surface area contributed by atoms with E-state index < -0.39 is 6.10 Å². The number of carbonyl (C=O) groups is 1. The summed E-state index contributed by atoms with van der Waals surface area (Å²) in [6.07, 6.45) is -0.179. The van der Waals surface area contributed by atoms with Crippen LogP contribution in [0.1, 0.15) is 17.5 Å². The number of rotatable bonds is 6. The van der Waals surface area contributed by atoms with Gasteiger partial charge in [-0.05, 0) is 29.8 Å². The first-order chi connectivity index (χ1) is 12.2. The van der Waals surface area contributed by atoms with E-state index in [1.165, 1.54) is 0 Å². The minimum Gasteiger partial charge on any atom is -0.497 e. The van der Waals surface area contributed by atoms with Gasteiger partial charge in [-0.1, -0.05) is 29.4 Å². The molecule has 0 unspecified atom stereocenters. The number of ether oxygens (including phenoxy) is 2. The van der Waals surface area contributed by atoms with Gasteiger partial charge < -0.3 is 19.6 Å². The molecule has 1 aliphatic heterocycles. The first-order valence-corrected chi connectivity index (χ1v) is 7.97. The summed E-state index contributed by atoms with van der Waals surface area (Å²) in [4.78, 5) is 17.6. The van der Waals surface area contributed by atoms with Gasteiger partial charge in [-0.3, -0.25) is 4.79 Å². The standard InChI is InChI=1S/C19H20N2O4/c1-23-15-8-6-13(7-9-15)12-20-19(22)18-11-17(21-25-18)14-4-3-5-16(10-14)24-2/h3-10,18H,11-12H2,1-2H3,(H,20,22)/t18-/m1/s1. The van der Waals surface area contributed by atoms with Crippen molar-refractivity contribution in [3.63, 3.8) is 0 Å². The van der Waals surface area contributed by atoms with Crippen LogP contribution in [0.4, 0.5) is 0 Å². The van der Waals surface area contributed by atoms with Gasteiger partial charge in [0.25, 0.3) is 5.91 Å². The second kappa shape index (κ2) is 7.70. The summed E-state index contributed by atoms with van der Waals surface area (Å²) >= 11 is 0. The van der Waals surface area contributed by atoms with Crippen LogP contribution in [0.15, 0.2) is 53.7 Å². The average Bonchev–Trinajstić information content (AvgIpc) is 3.17. The Morgan fingerprint density at radius 1 is 1.16 bits per heavy atom. The molecule has 0 bridgehead atoms. The average molecular weight is 340 g/mol. The van der Waals surface area contributed by atoms with Crippen LogP contribution in [-0.2, 0) is 16.2 Å². The molecule has 0 aliphatic carbocycles. The molecule has 1 amide bonds. The van der Waals surface area contributed by atoms with Crippen molar-refractivity contribution < 1.29 is 19.1 Å². The van der Waals surface area contributed by atoms with Crippen molar-refractivity contribution in [3.8, 4) is 11.5 Å². The second-order valence-corrected chi connectivity index (χ2v) is 5.63. The summed E-state index contributed by atoms with van der Waals surface area (Å²) in [7, 11) is 3.23. The Labute approximate surface area is 146 Å². The molecule has 25 heavy (non-hydrogen) atoms. The molecule has 0 aromatic heterocycles. The minimum absolute atomic E-state index is 0.183. The van der Waals surface area contributed by atoms with Gasteiger partial charge in [-0.25, -0.2) is 0 Å². The SMILES string of the molecule is COc1ccc(CNC(=O)[C@H]2CC(c3cccc(OC)c3)=NO2)cc1. The summed E-state index contributed by atoms with van der Waals surface area (Å²) in [6, 6.07) is 15.1. The van der Waals surface area contributed by atoms with E-state index in [9.17, 15) is 4.79 Å². The molecule has 0 saturated heterocycles. The lowest BCUT2D eigenvalue weighted by Gasteiger charge is -2.10. The molecule has 1 heterocycles. The molecule has 3 rings (SSSR count). The Kier molecular flexibility index (Phi) is 5.18. The third-order valence-corrected chi connectivity index (χ3v) is 3.99. The zero-order valence-electron chi connectivity index (χ0n) is 14.2. The summed E-state index contributed by atoms with van der Waals surface area (Å²) in [5.74, 6) is 1.34. The first kappa shape index (κ1) is 16.8. The Hall–Kier alpha value is -3.02. The number of nitrogens with zero attached hydrogens (tertiary/aromatic N) is 1. The normalized spacial score (nSPS) is 15.9. The highest BCUT2D eigenvalue weighted by atomic mass is 16.6. The predicted molar refractivity (Wildman–Crippen MR) is 93.9 cm³/mol. The fourth-order valence-electron chi connectivity index (χ4n) is 2.54. The fraction of sp³-hybridized carbons (Fsp3) is 0.263. The topological polar surface area (TPSA) is 69.2 Å². The van der Waals surface area contributed by atoms with E-state index in [1.807, 2.05) is 48.5 Å². The van der Waals surface area contributed by atoms with Crippen LogP contribution in [0.5, 0.6) is 11.5 Å². The van der Waals surface area contributed by atoms with E-state index in [1.54, 1.807) is 14.2 Å². The predicted octanol–water partition coefficient (Wildman–Crippen LogP) is 2.51. The quantitative estimate of drug-likeness (QED) is 0.877. The zero-order chi connectivity index (χ0) is 17.6. The summed E-state index contributed by atoms with van der Waals surface area (Å²) in [5.41, 5.74) is 2.62. The lowest BCUT2D eigenvalue weighted by atomic mass is 10.0. The number of hydrogen-bond donors (Lipinski definition) is 1. The van der Waals surface area contributed by atoms with Gasteiger partial charge in [0.2, 0.25) is 6.10 Å². The molecule has 1 atom stereocenters.